The van der Waals surface area contributed by atoms with Crippen LogP contribution in [0.3, 0.4) is 0 Å². The Hall–Kier alpha value is -3.08. The Morgan fingerprint density at radius 3 is 2.26 bits per heavy atom. The van der Waals surface area contributed by atoms with Crippen LogP contribution in [0.2, 0.25) is 5.02 Å². The number of rotatable bonds is 7. The van der Waals surface area contributed by atoms with Crippen LogP contribution in [0, 0.1) is 6.92 Å². The first kappa shape index (κ1) is 25.5. The van der Waals surface area contributed by atoms with Gasteiger partial charge in [-0.05, 0) is 61.5 Å². The molecule has 2 amide bonds. The molecule has 0 atom stereocenters. The minimum atomic E-state index is -4.61. The molecule has 3 aromatic carbocycles. The van der Waals surface area contributed by atoms with Gasteiger partial charge in [0, 0.05) is 29.5 Å². The van der Waals surface area contributed by atoms with E-state index >= 15 is 0 Å². The molecular weight excluding hydrogens is 491 g/mol. The van der Waals surface area contributed by atoms with Crippen LogP contribution >= 0.6 is 11.6 Å². The zero-order valence-electron chi connectivity index (χ0n) is 17.9. The fraction of sp³-hybridized carbons (Fsp3) is 0.174. The predicted octanol–water partition coefficient (Wildman–Crippen LogP) is 5.68. The second-order valence-electron chi connectivity index (χ2n) is 7.35. The van der Waals surface area contributed by atoms with Gasteiger partial charge in [-0.3, -0.25) is 4.90 Å². The number of nitrogens with zero attached hydrogens (tertiary/aromatic N) is 1. The number of carbonyl (C=O) groups is 1. The minimum absolute atomic E-state index is 0.0364. The summed E-state index contributed by atoms with van der Waals surface area (Å²) in [7, 11) is -3.88. The summed E-state index contributed by atoms with van der Waals surface area (Å²) in [5.74, 6) is 0. The Kier molecular flexibility index (Phi) is 7.86. The number of hydrogen-bond acceptors (Lipinski definition) is 3. The molecule has 34 heavy (non-hydrogen) atoms. The van der Waals surface area contributed by atoms with E-state index in [-0.39, 0.29) is 23.7 Å². The molecule has 0 aliphatic rings. The number of sulfonamides is 1. The highest BCUT2D eigenvalue weighted by molar-refractivity contribution is 7.89. The molecule has 0 fully saturated rings. The van der Waals surface area contributed by atoms with E-state index in [4.69, 9.17) is 11.6 Å². The molecule has 3 aromatic rings. The lowest BCUT2D eigenvalue weighted by Gasteiger charge is -2.24. The first-order valence-electron chi connectivity index (χ1n) is 10.0. The van der Waals surface area contributed by atoms with Gasteiger partial charge in [-0.25, -0.2) is 17.9 Å². The number of urea groups is 1. The van der Waals surface area contributed by atoms with Crippen LogP contribution in [0.15, 0.2) is 77.7 Å². The summed E-state index contributed by atoms with van der Waals surface area (Å²) < 4.78 is 67.1. The standard InChI is InChI=1S/C23H21ClF3N3O3S/c1-16-5-11-21(12-6-16)34(32,33)28-13-14-30(20-4-2-3-17(15-20)23(25,26)27)22(31)29-19-9-7-18(24)8-10-19/h2-12,15,28H,13-14H2,1H3,(H,29,31). The first-order chi connectivity index (χ1) is 16.0. The van der Waals surface area contributed by atoms with Gasteiger partial charge in [0.2, 0.25) is 10.0 Å². The lowest BCUT2D eigenvalue weighted by atomic mass is 10.2. The summed E-state index contributed by atoms with van der Waals surface area (Å²) in [6.45, 7) is 1.35. The van der Waals surface area contributed by atoms with Crippen LogP contribution in [-0.2, 0) is 16.2 Å². The molecule has 0 unspecified atom stereocenters. The summed E-state index contributed by atoms with van der Waals surface area (Å²) >= 11 is 5.84. The van der Waals surface area contributed by atoms with E-state index in [2.05, 4.69) is 10.0 Å². The maximum atomic E-state index is 13.2. The highest BCUT2D eigenvalue weighted by atomic mass is 35.5. The first-order valence-corrected chi connectivity index (χ1v) is 11.9. The molecule has 11 heteroatoms. The largest absolute Gasteiger partial charge is 0.416 e. The van der Waals surface area contributed by atoms with E-state index in [1.54, 1.807) is 24.3 Å². The number of alkyl halides is 3. The number of hydrogen-bond donors (Lipinski definition) is 2. The fourth-order valence-electron chi connectivity index (χ4n) is 3.01. The SMILES string of the molecule is Cc1ccc(S(=O)(=O)NCCN(C(=O)Nc2ccc(Cl)cc2)c2cccc(C(F)(F)F)c2)cc1. The molecular formula is C23H21ClF3N3O3S. The summed E-state index contributed by atoms with van der Waals surface area (Å²) in [5, 5.41) is 3.02. The van der Waals surface area contributed by atoms with Crippen LogP contribution in [0.4, 0.5) is 29.3 Å². The highest BCUT2D eigenvalue weighted by Gasteiger charge is 2.31. The number of benzene rings is 3. The van der Waals surface area contributed by atoms with Crippen LogP contribution in [0.1, 0.15) is 11.1 Å². The topological polar surface area (TPSA) is 78.5 Å². The molecule has 0 saturated carbocycles. The number of amides is 2. The van der Waals surface area contributed by atoms with Crippen molar-refractivity contribution in [1.82, 2.24) is 4.72 Å². The number of aryl methyl sites for hydroxylation is 1. The summed E-state index contributed by atoms with van der Waals surface area (Å²) in [4.78, 5) is 14.0. The minimum Gasteiger partial charge on any atom is -0.308 e. The average molecular weight is 512 g/mol. The molecule has 0 heterocycles. The van der Waals surface area contributed by atoms with Gasteiger partial charge in [0.05, 0.1) is 10.5 Å². The number of carbonyl (C=O) groups excluding carboxylic acids is 1. The maximum Gasteiger partial charge on any atom is 0.416 e. The summed E-state index contributed by atoms with van der Waals surface area (Å²) in [6.07, 6.45) is -4.61. The lowest BCUT2D eigenvalue weighted by Crippen LogP contribution is -2.41. The summed E-state index contributed by atoms with van der Waals surface area (Å²) in [6, 6.07) is 15.8. The van der Waals surface area contributed by atoms with Gasteiger partial charge in [0.1, 0.15) is 0 Å². The van der Waals surface area contributed by atoms with Gasteiger partial charge in [-0.1, -0.05) is 35.4 Å². The Balaban J connectivity index is 1.82. The quantitative estimate of drug-likeness (QED) is 0.428. The van der Waals surface area contributed by atoms with E-state index in [1.807, 2.05) is 6.92 Å². The third-order valence-electron chi connectivity index (χ3n) is 4.78. The van der Waals surface area contributed by atoms with Crippen LogP contribution in [0.5, 0.6) is 0 Å². The lowest BCUT2D eigenvalue weighted by molar-refractivity contribution is -0.137. The zero-order chi connectivity index (χ0) is 24.9. The van der Waals surface area contributed by atoms with Crippen molar-refractivity contribution in [3.63, 3.8) is 0 Å². The van der Waals surface area contributed by atoms with E-state index in [0.29, 0.717) is 10.7 Å². The van der Waals surface area contributed by atoms with E-state index in [9.17, 15) is 26.4 Å². The van der Waals surface area contributed by atoms with Crippen molar-refractivity contribution in [3.8, 4) is 0 Å². The Morgan fingerprint density at radius 2 is 1.65 bits per heavy atom. The average Bonchev–Trinajstić information content (AvgIpc) is 2.78. The Morgan fingerprint density at radius 1 is 1.00 bits per heavy atom. The summed E-state index contributed by atoms with van der Waals surface area (Å²) in [5.41, 5.74) is 0.269. The van der Waals surface area contributed by atoms with Gasteiger partial charge in [-0.15, -0.1) is 0 Å². The maximum absolute atomic E-state index is 13.2. The smallest absolute Gasteiger partial charge is 0.308 e. The molecule has 0 aromatic heterocycles. The zero-order valence-corrected chi connectivity index (χ0v) is 19.5. The Bertz CT molecular complexity index is 1250. The van der Waals surface area contributed by atoms with Crippen molar-refractivity contribution in [1.29, 1.82) is 0 Å². The molecule has 0 radical (unpaired) electrons. The van der Waals surface area contributed by atoms with Crippen LogP contribution in [0.25, 0.3) is 0 Å². The molecule has 180 valence electrons. The fourth-order valence-corrected chi connectivity index (χ4v) is 4.16. The Labute approximate surface area is 200 Å². The van der Waals surface area contributed by atoms with Crippen molar-refractivity contribution in [2.45, 2.75) is 18.0 Å². The molecule has 6 nitrogen and oxygen atoms in total. The molecule has 3 rings (SSSR count). The van der Waals surface area contributed by atoms with Crippen LogP contribution in [-0.4, -0.2) is 27.5 Å². The van der Waals surface area contributed by atoms with Crippen LogP contribution < -0.4 is 14.9 Å². The molecule has 0 spiro atoms. The molecule has 0 aliphatic heterocycles. The van der Waals surface area contributed by atoms with E-state index in [0.717, 1.165) is 22.6 Å². The molecule has 0 bridgehead atoms. The van der Waals surface area contributed by atoms with Crippen molar-refractivity contribution >= 4 is 39.0 Å². The highest BCUT2D eigenvalue weighted by Crippen LogP contribution is 2.32. The van der Waals surface area contributed by atoms with E-state index in [1.165, 1.54) is 36.4 Å². The van der Waals surface area contributed by atoms with Crippen molar-refractivity contribution < 1.29 is 26.4 Å². The number of anilines is 2. The third kappa shape index (κ3) is 6.72. The third-order valence-corrected chi connectivity index (χ3v) is 6.51. The van der Waals surface area contributed by atoms with E-state index < -0.39 is 27.8 Å². The number of nitrogens with one attached hydrogen (secondary N) is 2. The van der Waals surface area contributed by atoms with Gasteiger partial charge >= 0.3 is 12.2 Å². The van der Waals surface area contributed by atoms with Crippen molar-refractivity contribution in [2.24, 2.45) is 0 Å². The predicted molar refractivity (Wildman–Crippen MR) is 126 cm³/mol. The van der Waals surface area contributed by atoms with Gasteiger partial charge in [0.25, 0.3) is 0 Å². The molecule has 0 aliphatic carbocycles. The normalized spacial score (nSPS) is 11.8. The number of halogens is 4. The molecule has 0 saturated heterocycles. The second-order valence-corrected chi connectivity index (χ2v) is 9.55. The van der Waals surface area contributed by atoms with Gasteiger partial charge < -0.3 is 5.32 Å². The van der Waals surface area contributed by atoms with Gasteiger partial charge in [-0.2, -0.15) is 13.2 Å². The van der Waals surface area contributed by atoms with Crippen molar-refractivity contribution in [2.75, 3.05) is 23.3 Å². The molecule has 2 N–H and O–H groups in total. The second kappa shape index (κ2) is 10.5. The monoisotopic (exact) mass is 511 g/mol. The van der Waals surface area contributed by atoms with Crippen molar-refractivity contribution in [3.05, 3.63) is 88.9 Å². The van der Waals surface area contributed by atoms with Gasteiger partial charge in [0.15, 0.2) is 0 Å².